The molecule has 2 aromatic rings. The molecule has 5 heteroatoms. The Morgan fingerprint density at radius 3 is 2.86 bits per heavy atom. The second-order valence-corrected chi connectivity index (χ2v) is 5.37. The van der Waals surface area contributed by atoms with Crippen LogP contribution in [0.4, 0.5) is 0 Å². The SMILES string of the molecule is CC(Cc1ccc2c(c1)OCO2)N(C)C(=O)c1ccccn1. The minimum Gasteiger partial charge on any atom is -0.454 e. The van der Waals surface area contributed by atoms with Crippen molar-refractivity contribution in [2.24, 2.45) is 0 Å². The van der Waals surface area contributed by atoms with E-state index >= 15 is 0 Å². The molecule has 0 N–H and O–H groups in total. The Hall–Kier alpha value is -2.56. The summed E-state index contributed by atoms with van der Waals surface area (Å²) in [5.74, 6) is 1.46. The van der Waals surface area contributed by atoms with Gasteiger partial charge in [0.25, 0.3) is 5.91 Å². The van der Waals surface area contributed by atoms with Crippen molar-refractivity contribution in [3.05, 3.63) is 53.9 Å². The minimum absolute atomic E-state index is 0.0508. The Labute approximate surface area is 129 Å². The summed E-state index contributed by atoms with van der Waals surface area (Å²) in [6, 6.07) is 11.3. The van der Waals surface area contributed by atoms with Gasteiger partial charge in [0.15, 0.2) is 11.5 Å². The number of fused-ring (bicyclic) bond motifs is 1. The number of aromatic nitrogens is 1. The fourth-order valence-electron chi connectivity index (χ4n) is 2.42. The molecule has 2 heterocycles. The summed E-state index contributed by atoms with van der Waals surface area (Å²) in [7, 11) is 1.80. The Balaban J connectivity index is 1.68. The molecule has 1 aromatic heterocycles. The van der Waals surface area contributed by atoms with Crippen molar-refractivity contribution in [2.75, 3.05) is 13.8 Å². The van der Waals surface area contributed by atoms with Crippen LogP contribution in [-0.4, -0.2) is 35.7 Å². The highest BCUT2D eigenvalue weighted by molar-refractivity contribution is 5.92. The Kier molecular flexibility index (Phi) is 3.96. The van der Waals surface area contributed by atoms with E-state index in [0.29, 0.717) is 5.69 Å². The number of carbonyl (C=O) groups excluding carboxylic acids is 1. The topological polar surface area (TPSA) is 51.7 Å². The first-order valence-corrected chi connectivity index (χ1v) is 7.22. The van der Waals surface area contributed by atoms with Crippen LogP contribution in [-0.2, 0) is 6.42 Å². The zero-order valence-corrected chi connectivity index (χ0v) is 12.7. The maximum Gasteiger partial charge on any atom is 0.272 e. The second kappa shape index (κ2) is 6.05. The summed E-state index contributed by atoms with van der Waals surface area (Å²) in [6.07, 6.45) is 2.37. The van der Waals surface area contributed by atoms with E-state index in [9.17, 15) is 4.79 Å². The fraction of sp³-hybridized carbons (Fsp3) is 0.294. The normalized spacial score (nSPS) is 13.7. The van der Waals surface area contributed by atoms with Crippen LogP contribution in [0.2, 0.25) is 0 Å². The molecular weight excluding hydrogens is 280 g/mol. The number of likely N-dealkylation sites (N-methyl/N-ethyl adjacent to an activating group) is 1. The number of carbonyl (C=O) groups is 1. The lowest BCUT2D eigenvalue weighted by Crippen LogP contribution is -2.36. The van der Waals surface area contributed by atoms with E-state index < -0.39 is 0 Å². The van der Waals surface area contributed by atoms with Gasteiger partial charge in [-0.3, -0.25) is 9.78 Å². The zero-order chi connectivity index (χ0) is 15.5. The number of ether oxygens (including phenoxy) is 2. The molecule has 1 aromatic carbocycles. The van der Waals surface area contributed by atoms with Gasteiger partial charge in [0.2, 0.25) is 6.79 Å². The Bertz CT molecular complexity index is 673. The van der Waals surface area contributed by atoms with Gasteiger partial charge in [-0.05, 0) is 43.2 Å². The molecule has 1 aliphatic heterocycles. The standard InChI is InChI=1S/C17H18N2O3/c1-12(19(2)17(20)14-5-3-4-8-18-14)9-13-6-7-15-16(10-13)22-11-21-15/h3-8,10,12H,9,11H2,1-2H3. The van der Waals surface area contributed by atoms with Crippen molar-refractivity contribution in [3.8, 4) is 11.5 Å². The summed E-state index contributed by atoms with van der Waals surface area (Å²) in [4.78, 5) is 18.2. The largest absolute Gasteiger partial charge is 0.454 e. The monoisotopic (exact) mass is 298 g/mol. The smallest absolute Gasteiger partial charge is 0.272 e. The van der Waals surface area contributed by atoms with E-state index in [2.05, 4.69) is 4.98 Å². The lowest BCUT2D eigenvalue weighted by molar-refractivity contribution is 0.0737. The van der Waals surface area contributed by atoms with Gasteiger partial charge in [0.05, 0.1) is 0 Å². The van der Waals surface area contributed by atoms with E-state index in [-0.39, 0.29) is 18.7 Å². The first-order chi connectivity index (χ1) is 10.6. The average Bonchev–Trinajstić information content (AvgIpc) is 3.02. The molecule has 0 radical (unpaired) electrons. The van der Waals surface area contributed by atoms with Crippen molar-refractivity contribution in [1.29, 1.82) is 0 Å². The number of nitrogens with zero attached hydrogens (tertiary/aromatic N) is 2. The molecule has 0 saturated heterocycles. The van der Waals surface area contributed by atoms with Crippen molar-refractivity contribution in [1.82, 2.24) is 9.88 Å². The number of rotatable bonds is 4. The van der Waals surface area contributed by atoms with Gasteiger partial charge in [-0.15, -0.1) is 0 Å². The zero-order valence-electron chi connectivity index (χ0n) is 12.7. The number of hydrogen-bond acceptors (Lipinski definition) is 4. The molecule has 0 spiro atoms. The molecule has 1 atom stereocenters. The third kappa shape index (κ3) is 2.88. The van der Waals surface area contributed by atoms with E-state index in [0.717, 1.165) is 23.5 Å². The van der Waals surface area contributed by atoms with Gasteiger partial charge in [-0.25, -0.2) is 0 Å². The van der Waals surface area contributed by atoms with Gasteiger partial charge in [0.1, 0.15) is 5.69 Å². The third-order valence-electron chi connectivity index (χ3n) is 3.83. The van der Waals surface area contributed by atoms with E-state index in [1.807, 2.05) is 31.2 Å². The van der Waals surface area contributed by atoms with Gasteiger partial charge >= 0.3 is 0 Å². The number of hydrogen-bond donors (Lipinski definition) is 0. The summed E-state index contributed by atoms with van der Waals surface area (Å²) < 4.78 is 10.7. The lowest BCUT2D eigenvalue weighted by atomic mass is 10.1. The van der Waals surface area contributed by atoms with Crippen LogP contribution in [0.25, 0.3) is 0 Å². The molecule has 0 fully saturated rings. The van der Waals surface area contributed by atoms with Crippen molar-refractivity contribution >= 4 is 5.91 Å². The average molecular weight is 298 g/mol. The molecule has 3 rings (SSSR count). The molecule has 114 valence electrons. The highest BCUT2D eigenvalue weighted by atomic mass is 16.7. The van der Waals surface area contributed by atoms with Crippen molar-refractivity contribution in [3.63, 3.8) is 0 Å². The van der Waals surface area contributed by atoms with Crippen LogP contribution in [0, 0.1) is 0 Å². The number of benzene rings is 1. The molecule has 5 nitrogen and oxygen atoms in total. The highest BCUT2D eigenvalue weighted by Gasteiger charge is 2.20. The van der Waals surface area contributed by atoms with Crippen LogP contribution in [0.5, 0.6) is 11.5 Å². The summed E-state index contributed by atoms with van der Waals surface area (Å²) in [6.45, 7) is 2.29. The predicted octanol–water partition coefficient (Wildman–Crippen LogP) is 2.51. The summed E-state index contributed by atoms with van der Waals surface area (Å²) in [5, 5.41) is 0. The maximum atomic E-state index is 12.4. The second-order valence-electron chi connectivity index (χ2n) is 5.37. The first-order valence-electron chi connectivity index (χ1n) is 7.22. The van der Waals surface area contributed by atoms with Crippen LogP contribution >= 0.6 is 0 Å². The van der Waals surface area contributed by atoms with E-state index in [1.165, 1.54) is 0 Å². The third-order valence-corrected chi connectivity index (χ3v) is 3.83. The van der Waals surface area contributed by atoms with Gasteiger partial charge < -0.3 is 14.4 Å². The van der Waals surface area contributed by atoms with Crippen LogP contribution < -0.4 is 9.47 Å². The quantitative estimate of drug-likeness (QED) is 0.870. The van der Waals surface area contributed by atoms with Crippen molar-refractivity contribution < 1.29 is 14.3 Å². The van der Waals surface area contributed by atoms with Crippen LogP contribution in [0.15, 0.2) is 42.6 Å². The van der Waals surface area contributed by atoms with Gasteiger partial charge in [0, 0.05) is 19.3 Å². The number of pyridine rings is 1. The molecule has 1 amide bonds. The molecule has 0 bridgehead atoms. The predicted molar refractivity (Wildman–Crippen MR) is 82.1 cm³/mol. The van der Waals surface area contributed by atoms with Gasteiger partial charge in [-0.2, -0.15) is 0 Å². The molecule has 1 unspecified atom stereocenters. The lowest BCUT2D eigenvalue weighted by Gasteiger charge is -2.24. The molecule has 1 aliphatic rings. The first kappa shape index (κ1) is 14.4. The Morgan fingerprint density at radius 2 is 2.09 bits per heavy atom. The molecule has 0 saturated carbocycles. The summed E-state index contributed by atoms with van der Waals surface area (Å²) >= 11 is 0. The Morgan fingerprint density at radius 1 is 1.27 bits per heavy atom. The molecule has 0 aliphatic carbocycles. The summed E-state index contributed by atoms with van der Waals surface area (Å²) in [5.41, 5.74) is 1.57. The molecule has 22 heavy (non-hydrogen) atoms. The highest BCUT2D eigenvalue weighted by Crippen LogP contribution is 2.32. The minimum atomic E-state index is -0.0751. The van der Waals surface area contributed by atoms with E-state index in [1.54, 1.807) is 30.3 Å². The maximum absolute atomic E-state index is 12.4. The van der Waals surface area contributed by atoms with Crippen LogP contribution in [0.1, 0.15) is 23.0 Å². The molecular formula is C17H18N2O3. The fourth-order valence-corrected chi connectivity index (χ4v) is 2.42. The number of amides is 1. The van der Waals surface area contributed by atoms with E-state index in [4.69, 9.17) is 9.47 Å². The van der Waals surface area contributed by atoms with Crippen molar-refractivity contribution in [2.45, 2.75) is 19.4 Å². The van der Waals surface area contributed by atoms with Gasteiger partial charge in [-0.1, -0.05) is 12.1 Å². The van der Waals surface area contributed by atoms with Crippen LogP contribution in [0.3, 0.4) is 0 Å².